The number of aromatic nitrogens is 5. The Morgan fingerprint density at radius 1 is 0.351 bits per heavy atom. The first-order valence-electron chi connectivity index (χ1n) is 19.2. The molecule has 264 valence electrons. The van der Waals surface area contributed by atoms with Gasteiger partial charge in [0.15, 0.2) is 11.6 Å². The lowest BCUT2D eigenvalue weighted by molar-refractivity contribution is 0.954. The zero-order chi connectivity index (χ0) is 37.2. The molecule has 57 heavy (non-hydrogen) atoms. The second-order valence-corrected chi connectivity index (χ2v) is 15.8. The van der Waals surface area contributed by atoms with Gasteiger partial charge < -0.3 is 4.57 Å². The molecular weight excluding hydrogens is 715 g/mol. The van der Waals surface area contributed by atoms with Crippen molar-refractivity contribution in [3.8, 4) is 56.7 Å². The van der Waals surface area contributed by atoms with E-state index < -0.39 is 0 Å². The maximum atomic E-state index is 5.47. The third-order valence-corrected chi connectivity index (χ3v) is 13.0. The Morgan fingerprint density at radius 3 is 1.79 bits per heavy atom. The van der Waals surface area contributed by atoms with E-state index in [-0.39, 0.29) is 0 Å². The number of nitrogens with zero attached hydrogens (tertiary/aromatic N) is 5. The van der Waals surface area contributed by atoms with Gasteiger partial charge >= 0.3 is 0 Å². The Bertz CT molecular complexity index is 3650. The second-order valence-electron chi connectivity index (χ2n) is 14.7. The Kier molecular flexibility index (Phi) is 6.26. The summed E-state index contributed by atoms with van der Waals surface area (Å²) in [5.74, 6) is 1.86. The summed E-state index contributed by atoms with van der Waals surface area (Å²) < 4.78 is 7.21. The minimum atomic E-state index is 0.583. The minimum Gasteiger partial charge on any atom is -0.306 e. The van der Waals surface area contributed by atoms with E-state index in [0.29, 0.717) is 17.6 Å². The molecule has 1 aliphatic heterocycles. The van der Waals surface area contributed by atoms with Crippen molar-refractivity contribution in [1.82, 2.24) is 24.1 Å². The van der Waals surface area contributed by atoms with Crippen LogP contribution in [0.15, 0.2) is 176 Å². The van der Waals surface area contributed by atoms with Crippen LogP contribution in [0.5, 0.6) is 0 Å². The fourth-order valence-electron chi connectivity index (χ4n) is 9.34. The number of hydrogen-bond donors (Lipinski definition) is 0. The Morgan fingerprint density at radius 2 is 0.930 bits per heavy atom. The normalized spacial score (nSPS) is 12.2. The van der Waals surface area contributed by atoms with Gasteiger partial charge in [0.2, 0.25) is 5.95 Å². The van der Waals surface area contributed by atoms with Crippen molar-refractivity contribution in [1.29, 1.82) is 0 Å². The van der Waals surface area contributed by atoms with Gasteiger partial charge in [-0.05, 0) is 35.4 Å². The minimum absolute atomic E-state index is 0.583. The Labute approximate surface area is 330 Å². The molecule has 6 heteroatoms. The quantitative estimate of drug-likeness (QED) is 0.181. The molecule has 4 aromatic heterocycles. The van der Waals surface area contributed by atoms with Gasteiger partial charge in [0.25, 0.3) is 0 Å². The molecule has 0 N–H and O–H groups in total. The van der Waals surface area contributed by atoms with Crippen LogP contribution in [0.25, 0.3) is 120 Å². The molecule has 1 aliphatic rings. The molecule has 12 aromatic rings. The molecule has 0 saturated carbocycles. The average Bonchev–Trinajstić information content (AvgIpc) is 3.92. The van der Waals surface area contributed by atoms with Crippen molar-refractivity contribution in [3.05, 3.63) is 176 Å². The lowest BCUT2D eigenvalue weighted by atomic mass is 9.94. The third-order valence-electron chi connectivity index (χ3n) is 11.7. The number of benzene rings is 8. The van der Waals surface area contributed by atoms with Crippen molar-refractivity contribution in [2.24, 2.45) is 0 Å². The number of para-hydroxylation sites is 3. The fraction of sp³-hybridized carbons (Fsp3) is 0. The van der Waals surface area contributed by atoms with E-state index in [9.17, 15) is 0 Å². The van der Waals surface area contributed by atoms with Crippen molar-refractivity contribution in [2.45, 2.75) is 0 Å². The molecule has 5 nitrogen and oxygen atoms in total. The summed E-state index contributed by atoms with van der Waals surface area (Å²) in [7, 11) is 0. The smallest absolute Gasteiger partial charge is 0.238 e. The van der Waals surface area contributed by atoms with Gasteiger partial charge in [-0.25, -0.2) is 4.98 Å². The number of thiophene rings is 1. The maximum absolute atomic E-state index is 5.47. The molecule has 8 aromatic carbocycles. The van der Waals surface area contributed by atoms with Crippen molar-refractivity contribution in [2.75, 3.05) is 0 Å². The van der Waals surface area contributed by atoms with Crippen molar-refractivity contribution in [3.63, 3.8) is 0 Å². The van der Waals surface area contributed by atoms with Gasteiger partial charge in [0, 0.05) is 64.0 Å². The first-order valence-corrected chi connectivity index (χ1v) is 20.0. The second kappa shape index (κ2) is 11.6. The Hall–Kier alpha value is -7.41. The topological polar surface area (TPSA) is 48.5 Å². The summed E-state index contributed by atoms with van der Waals surface area (Å²) in [5, 5.41) is 7.14. The van der Waals surface area contributed by atoms with E-state index in [1.807, 2.05) is 18.2 Å². The fourth-order valence-corrected chi connectivity index (χ4v) is 10.5. The molecule has 0 spiro atoms. The summed E-state index contributed by atoms with van der Waals surface area (Å²) in [5.41, 5.74) is 12.4. The van der Waals surface area contributed by atoms with E-state index in [4.69, 9.17) is 15.0 Å². The van der Waals surface area contributed by atoms with Gasteiger partial charge in [0.1, 0.15) is 0 Å². The molecule has 0 bridgehead atoms. The predicted molar refractivity (Wildman–Crippen MR) is 237 cm³/mol. The average molecular weight is 744 g/mol. The monoisotopic (exact) mass is 743 g/mol. The van der Waals surface area contributed by atoms with Gasteiger partial charge in [-0.1, -0.05) is 152 Å². The van der Waals surface area contributed by atoms with Crippen LogP contribution in [-0.2, 0) is 0 Å². The standard InChI is InChI=1S/C51H29N5S/c1-2-14-30(15-3-1)49-52-50(41-24-13-23-40-35-20-8-11-27-44(35)57-48(40)41)54-51(53-49)56-43-26-10-7-19-34(43)38-28-29-39-37-22-12-21-36-32-17-5-4-16-31(32)33-18-6-9-25-42(33)55(45(36)37)46(39)47(38)56/h1-29H. The van der Waals surface area contributed by atoms with Crippen LogP contribution in [0.2, 0.25) is 0 Å². The molecular formula is C51H29N5S. The van der Waals surface area contributed by atoms with Crippen LogP contribution < -0.4 is 0 Å². The van der Waals surface area contributed by atoms with Crippen LogP contribution in [-0.4, -0.2) is 24.1 Å². The highest BCUT2D eigenvalue weighted by atomic mass is 32.1. The van der Waals surface area contributed by atoms with E-state index >= 15 is 0 Å². The van der Waals surface area contributed by atoms with E-state index in [1.54, 1.807) is 11.3 Å². The number of hydrogen-bond acceptors (Lipinski definition) is 4. The summed E-state index contributed by atoms with van der Waals surface area (Å²) >= 11 is 1.79. The molecule has 5 heterocycles. The van der Waals surface area contributed by atoms with E-state index in [1.165, 1.54) is 58.7 Å². The van der Waals surface area contributed by atoms with Crippen molar-refractivity contribution >= 4 is 75.1 Å². The summed E-state index contributed by atoms with van der Waals surface area (Å²) in [4.78, 5) is 16.1. The maximum Gasteiger partial charge on any atom is 0.238 e. The molecule has 0 unspecified atom stereocenters. The Balaban J connectivity index is 1.20. The summed E-state index contributed by atoms with van der Waals surface area (Å²) in [6.45, 7) is 0. The summed E-state index contributed by atoms with van der Waals surface area (Å²) in [6, 6.07) is 63.0. The van der Waals surface area contributed by atoms with Gasteiger partial charge in [-0.15, -0.1) is 11.3 Å². The predicted octanol–water partition coefficient (Wildman–Crippen LogP) is 13.4. The van der Waals surface area contributed by atoms with Gasteiger partial charge in [-0.3, -0.25) is 4.57 Å². The van der Waals surface area contributed by atoms with Gasteiger partial charge in [-0.2, -0.15) is 9.97 Å². The highest BCUT2D eigenvalue weighted by Crippen LogP contribution is 2.49. The molecule has 0 aliphatic carbocycles. The highest BCUT2D eigenvalue weighted by molar-refractivity contribution is 7.26. The van der Waals surface area contributed by atoms with Crippen LogP contribution in [0.4, 0.5) is 0 Å². The molecule has 0 saturated heterocycles. The zero-order valence-corrected chi connectivity index (χ0v) is 31.2. The number of rotatable bonds is 3. The van der Waals surface area contributed by atoms with Crippen LogP contribution in [0.1, 0.15) is 0 Å². The SMILES string of the molecule is c1ccc(-c2nc(-c3cccc4c3sc3ccccc34)nc(-n3c4ccccc4c4ccc5c6cccc7c6n(c5c43)-c3ccccc3-c3ccccc3-7)n2)cc1. The van der Waals surface area contributed by atoms with Crippen molar-refractivity contribution < 1.29 is 0 Å². The molecule has 0 radical (unpaired) electrons. The van der Waals surface area contributed by atoms with Crippen LogP contribution >= 0.6 is 11.3 Å². The van der Waals surface area contributed by atoms with E-state index in [0.717, 1.165) is 44.1 Å². The third kappa shape index (κ3) is 4.25. The summed E-state index contributed by atoms with van der Waals surface area (Å²) in [6.07, 6.45) is 0. The highest BCUT2D eigenvalue weighted by Gasteiger charge is 2.28. The molecule has 0 atom stereocenters. The van der Waals surface area contributed by atoms with Crippen LogP contribution in [0, 0.1) is 0 Å². The lowest BCUT2D eigenvalue weighted by Crippen LogP contribution is -2.07. The van der Waals surface area contributed by atoms with Gasteiger partial charge in [0.05, 0.1) is 27.8 Å². The van der Waals surface area contributed by atoms with E-state index in [2.05, 4.69) is 167 Å². The molecule has 0 fully saturated rings. The zero-order valence-electron chi connectivity index (χ0n) is 30.4. The number of fused-ring (bicyclic) bond motifs is 15. The first kappa shape index (κ1) is 30.9. The molecule has 13 rings (SSSR count). The largest absolute Gasteiger partial charge is 0.306 e. The molecule has 0 amide bonds. The lowest BCUT2D eigenvalue weighted by Gasteiger charge is -2.15. The van der Waals surface area contributed by atoms with Crippen LogP contribution in [0.3, 0.4) is 0 Å². The first-order chi connectivity index (χ1) is 28.3.